The number of hydrogen-bond donors (Lipinski definition) is 2. The van der Waals surface area contributed by atoms with Gasteiger partial charge in [-0.2, -0.15) is 0 Å². The van der Waals surface area contributed by atoms with Crippen LogP contribution in [0.15, 0.2) is 0 Å². The number of aliphatic carboxylic acids is 1. The lowest BCUT2D eigenvalue weighted by Crippen LogP contribution is -2.33. The Hall–Kier alpha value is -0.220. The van der Waals surface area contributed by atoms with Crippen molar-refractivity contribution in [3.63, 3.8) is 0 Å². The van der Waals surface area contributed by atoms with Crippen molar-refractivity contribution in [2.45, 2.75) is 42.7 Å². The fraction of sp³-hybridized carbons (Fsp3) is 0.889. The summed E-state index contributed by atoms with van der Waals surface area (Å²) in [5, 5.41) is 11.7. The number of thioether (sulfide) groups is 1. The maximum atomic E-state index is 10.7. The first kappa shape index (κ1) is 10.9. The lowest BCUT2D eigenvalue weighted by molar-refractivity contribution is -0.136. The van der Waals surface area contributed by atoms with Gasteiger partial charge in [0.25, 0.3) is 0 Å². The number of carbonyl (C=O) groups is 1. The van der Waals surface area contributed by atoms with Gasteiger partial charge < -0.3 is 5.11 Å². The molecule has 1 aliphatic carbocycles. The van der Waals surface area contributed by atoms with E-state index >= 15 is 0 Å². The van der Waals surface area contributed by atoms with Crippen molar-refractivity contribution in [2.75, 3.05) is 7.05 Å². The second kappa shape index (κ2) is 5.50. The smallest absolute Gasteiger partial charge is 0.331 e. The molecule has 0 aromatic carbocycles. The molecule has 1 unspecified atom stereocenters. The molecule has 0 amide bonds. The van der Waals surface area contributed by atoms with E-state index in [-0.39, 0.29) is 0 Å². The molecule has 0 aliphatic heterocycles. The molecule has 4 heteroatoms. The van der Waals surface area contributed by atoms with Crippen molar-refractivity contribution < 1.29 is 9.90 Å². The summed E-state index contributed by atoms with van der Waals surface area (Å²) >= 11 is 1.56. The summed E-state index contributed by atoms with van der Waals surface area (Å²) < 4.78 is 0. The van der Waals surface area contributed by atoms with E-state index in [1.807, 2.05) is 0 Å². The maximum absolute atomic E-state index is 10.7. The minimum atomic E-state index is -0.752. The Kier molecular flexibility index (Phi) is 4.59. The zero-order chi connectivity index (χ0) is 9.68. The SMILES string of the molecule is CNC(SC1CCCCC1)C(=O)O. The summed E-state index contributed by atoms with van der Waals surface area (Å²) in [6.45, 7) is 0. The van der Waals surface area contributed by atoms with Gasteiger partial charge in [0.05, 0.1) is 0 Å². The predicted molar refractivity (Wildman–Crippen MR) is 54.9 cm³/mol. The van der Waals surface area contributed by atoms with E-state index in [4.69, 9.17) is 5.11 Å². The highest BCUT2D eigenvalue weighted by atomic mass is 32.2. The van der Waals surface area contributed by atoms with Crippen LogP contribution in [0.4, 0.5) is 0 Å². The van der Waals surface area contributed by atoms with Crippen LogP contribution in [0.1, 0.15) is 32.1 Å². The van der Waals surface area contributed by atoms with E-state index in [9.17, 15) is 4.79 Å². The number of likely N-dealkylation sites (N-methyl/N-ethyl adjacent to an activating group) is 1. The Bertz CT molecular complexity index is 169. The molecule has 0 saturated heterocycles. The van der Waals surface area contributed by atoms with E-state index in [2.05, 4.69) is 5.32 Å². The van der Waals surface area contributed by atoms with Crippen molar-refractivity contribution in [3.8, 4) is 0 Å². The lowest BCUT2D eigenvalue weighted by atomic mass is 10.0. The number of carboxylic acids is 1. The van der Waals surface area contributed by atoms with Crippen LogP contribution >= 0.6 is 11.8 Å². The van der Waals surface area contributed by atoms with Gasteiger partial charge in [-0.1, -0.05) is 19.3 Å². The van der Waals surface area contributed by atoms with E-state index in [0.29, 0.717) is 5.25 Å². The van der Waals surface area contributed by atoms with Crippen molar-refractivity contribution in [2.24, 2.45) is 0 Å². The van der Waals surface area contributed by atoms with Crippen molar-refractivity contribution in [1.29, 1.82) is 0 Å². The fourth-order valence-electron chi connectivity index (χ4n) is 1.64. The van der Waals surface area contributed by atoms with Gasteiger partial charge in [-0.05, 0) is 19.9 Å². The summed E-state index contributed by atoms with van der Waals surface area (Å²) in [5.41, 5.74) is 0. The summed E-state index contributed by atoms with van der Waals surface area (Å²) in [6.07, 6.45) is 6.18. The molecule has 1 atom stereocenters. The molecule has 0 aromatic heterocycles. The number of rotatable bonds is 4. The highest BCUT2D eigenvalue weighted by molar-refractivity contribution is 8.01. The summed E-state index contributed by atoms with van der Waals surface area (Å²) in [4.78, 5) is 10.7. The molecule has 0 aromatic rings. The molecule has 0 bridgehead atoms. The van der Waals surface area contributed by atoms with Crippen LogP contribution in [-0.4, -0.2) is 28.7 Å². The van der Waals surface area contributed by atoms with Crippen LogP contribution in [0.25, 0.3) is 0 Å². The molecule has 76 valence electrons. The lowest BCUT2D eigenvalue weighted by Gasteiger charge is -2.23. The number of hydrogen-bond acceptors (Lipinski definition) is 3. The van der Waals surface area contributed by atoms with Gasteiger partial charge in [0.2, 0.25) is 0 Å². The molecular weight excluding hydrogens is 186 g/mol. The van der Waals surface area contributed by atoms with Crippen LogP contribution in [0, 0.1) is 0 Å². The third kappa shape index (κ3) is 3.56. The Morgan fingerprint density at radius 3 is 2.54 bits per heavy atom. The molecule has 0 spiro atoms. The zero-order valence-electron chi connectivity index (χ0n) is 7.95. The Labute approximate surface area is 83.3 Å². The van der Waals surface area contributed by atoms with Crippen LogP contribution in [0.5, 0.6) is 0 Å². The number of carboxylic acid groups (broad SMARTS) is 1. The normalized spacial score (nSPS) is 21.3. The molecule has 0 heterocycles. The minimum Gasteiger partial charge on any atom is -0.479 e. The molecule has 1 fully saturated rings. The standard InChI is InChI=1S/C9H17NO2S/c1-10-8(9(11)12)13-7-5-3-2-4-6-7/h7-8,10H,2-6H2,1H3,(H,11,12). The van der Waals surface area contributed by atoms with E-state index in [1.54, 1.807) is 18.8 Å². The Morgan fingerprint density at radius 1 is 1.46 bits per heavy atom. The average Bonchev–Trinajstić information content (AvgIpc) is 2.15. The Morgan fingerprint density at radius 2 is 2.08 bits per heavy atom. The van der Waals surface area contributed by atoms with Gasteiger partial charge in [0.1, 0.15) is 0 Å². The molecule has 1 aliphatic rings. The van der Waals surface area contributed by atoms with Crippen LogP contribution < -0.4 is 5.32 Å². The molecule has 0 radical (unpaired) electrons. The van der Waals surface area contributed by atoms with E-state index in [0.717, 1.165) is 0 Å². The van der Waals surface area contributed by atoms with E-state index < -0.39 is 11.3 Å². The molecule has 2 N–H and O–H groups in total. The van der Waals surface area contributed by atoms with Gasteiger partial charge in [0.15, 0.2) is 5.37 Å². The average molecular weight is 203 g/mol. The monoisotopic (exact) mass is 203 g/mol. The predicted octanol–water partition coefficient (Wildman–Crippen LogP) is 1.68. The first-order valence-electron chi connectivity index (χ1n) is 4.79. The molecule has 13 heavy (non-hydrogen) atoms. The Balaban J connectivity index is 2.31. The second-order valence-corrected chi connectivity index (χ2v) is 4.81. The zero-order valence-corrected chi connectivity index (χ0v) is 8.77. The molecule has 1 rings (SSSR count). The topological polar surface area (TPSA) is 49.3 Å². The van der Waals surface area contributed by atoms with Crippen molar-refractivity contribution >= 4 is 17.7 Å². The first-order valence-corrected chi connectivity index (χ1v) is 5.74. The highest BCUT2D eigenvalue weighted by Gasteiger charge is 2.22. The minimum absolute atomic E-state index is 0.428. The maximum Gasteiger partial charge on any atom is 0.331 e. The third-order valence-electron chi connectivity index (χ3n) is 2.37. The summed E-state index contributed by atoms with van der Waals surface area (Å²) in [5.74, 6) is -0.752. The van der Waals surface area contributed by atoms with Gasteiger partial charge >= 0.3 is 5.97 Å². The van der Waals surface area contributed by atoms with Crippen LogP contribution in [-0.2, 0) is 4.79 Å². The first-order chi connectivity index (χ1) is 6.24. The molecular formula is C9H17NO2S. The molecule has 3 nitrogen and oxygen atoms in total. The fourth-order valence-corrected chi connectivity index (χ4v) is 2.89. The van der Waals surface area contributed by atoms with Gasteiger partial charge in [0, 0.05) is 5.25 Å². The molecule has 1 saturated carbocycles. The van der Waals surface area contributed by atoms with Gasteiger partial charge in [-0.25, -0.2) is 4.79 Å². The third-order valence-corrected chi connectivity index (χ3v) is 3.93. The summed E-state index contributed by atoms with van der Waals surface area (Å²) in [6, 6.07) is 0. The van der Waals surface area contributed by atoms with Gasteiger partial charge in [-0.15, -0.1) is 11.8 Å². The van der Waals surface area contributed by atoms with Crippen LogP contribution in [0.2, 0.25) is 0 Å². The van der Waals surface area contributed by atoms with Crippen LogP contribution in [0.3, 0.4) is 0 Å². The summed E-state index contributed by atoms with van der Waals surface area (Å²) in [7, 11) is 1.70. The number of nitrogens with one attached hydrogen (secondary N) is 1. The van der Waals surface area contributed by atoms with E-state index in [1.165, 1.54) is 32.1 Å². The van der Waals surface area contributed by atoms with Crippen molar-refractivity contribution in [1.82, 2.24) is 5.32 Å². The quantitative estimate of drug-likeness (QED) is 0.683. The highest BCUT2D eigenvalue weighted by Crippen LogP contribution is 2.30. The van der Waals surface area contributed by atoms with Crippen molar-refractivity contribution in [3.05, 3.63) is 0 Å². The second-order valence-electron chi connectivity index (χ2n) is 3.40. The van der Waals surface area contributed by atoms with Gasteiger partial charge in [-0.3, -0.25) is 5.32 Å². The largest absolute Gasteiger partial charge is 0.479 e.